The number of piperazine rings is 1. The van der Waals surface area contributed by atoms with Crippen molar-refractivity contribution in [1.82, 2.24) is 4.90 Å². The summed E-state index contributed by atoms with van der Waals surface area (Å²) in [6, 6.07) is 21.4. The number of carbonyl (C=O) groups excluding carboxylic acids is 1. The minimum atomic E-state index is -3.73. The predicted molar refractivity (Wildman–Crippen MR) is 129 cm³/mol. The van der Waals surface area contributed by atoms with Crippen LogP contribution in [0.1, 0.15) is 11.1 Å². The molecule has 0 unspecified atom stereocenters. The van der Waals surface area contributed by atoms with Crippen LogP contribution in [0, 0.1) is 13.8 Å². The van der Waals surface area contributed by atoms with Gasteiger partial charge in [-0.25, -0.2) is 13.2 Å². The van der Waals surface area contributed by atoms with E-state index in [1.165, 1.54) is 0 Å². The lowest BCUT2D eigenvalue weighted by Crippen LogP contribution is -2.49. The van der Waals surface area contributed by atoms with Gasteiger partial charge in [-0.2, -0.15) is 0 Å². The Balaban J connectivity index is 1.45. The van der Waals surface area contributed by atoms with Crippen molar-refractivity contribution >= 4 is 27.5 Å². The van der Waals surface area contributed by atoms with Gasteiger partial charge in [0.1, 0.15) is 5.75 Å². The molecule has 1 saturated heterocycles. The van der Waals surface area contributed by atoms with Crippen LogP contribution in [0.25, 0.3) is 0 Å². The van der Waals surface area contributed by atoms with Gasteiger partial charge in [-0.05, 0) is 61.4 Å². The molecule has 0 atom stereocenters. The van der Waals surface area contributed by atoms with Crippen LogP contribution < -0.4 is 14.4 Å². The summed E-state index contributed by atoms with van der Waals surface area (Å²) in [6.07, 6.45) is -0.385. The maximum Gasteiger partial charge on any atom is 0.415 e. The Morgan fingerprint density at radius 2 is 1.52 bits per heavy atom. The number of ether oxygens (including phenoxy) is 1. The number of sulfonamides is 1. The molecule has 3 aromatic carbocycles. The third-order valence-corrected chi connectivity index (χ3v) is 7.13. The number of aryl methyl sites for hydroxylation is 2. The first-order valence-electron chi connectivity index (χ1n) is 10.8. The van der Waals surface area contributed by atoms with Crippen LogP contribution in [0.2, 0.25) is 0 Å². The van der Waals surface area contributed by atoms with Crippen molar-refractivity contribution in [2.75, 3.05) is 35.8 Å². The fourth-order valence-electron chi connectivity index (χ4n) is 3.70. The van der Waals surface area contributed by atoms with Crippen molar-refractivity contribution < 1.29 is 17.9 Å². The highest BCUT2D eigenvalue weighted by Crippen LogP contribution is 2.29. The molecule has 33 heavy (non-hydrogen) atoms. The first-order chi connectivity index (χ1) is 15.8. The molecule has 1 aliphatic rings. The van der Waals surface area contributed by atoms with E-state index >= 15 is 0 Å². The molecular weight excluding hydrogens is 438 g/mol. The Hall–Kier alpha value is -3.52. The summed E-state index contributed by atoms with van der Waals surface area (Å²) in [6.45, 7) is 5.92. The van der Waals surface area contributed by atoms with Crippen molar-refractivity contribution in [3.63, 3.8) is 0 Å². The van der Waals surface area contributed by atoms with E-state index in [-0.39, 0.29) is 11.0 Å². The minimum Gasteiger partial charge on any atom is -0.410 e. The maximum atomic E-state index is 13.0. The average molecular weight is 466 g/mol. The van der Waals surface area contributed by atoms with Gasteiger partial charge in [-0.15, -0.1) is 0 Å². The first kappa shape index (κ1) is 22.7. The lowest BCUT2D eigenvalue weighted by atomic mass is 10.1. The Kier molecular flexibility index (Phi) is 6.55. The van der Waals surface area contributed by atoms with E-state index in [4.69, 9.17) is 4.74 Å². The highest BCUT2D eigenvalue weighted by molar-refractivity contribution is 7.92. The number of anilines is 2. The molecule has 7 nitrogen and oxygen atoms in total. The lowest BCUT2D eigenvalue weighted by Gasteiger charge is -2.36. The topological polar surface area (TPSA) is 79.0 Å². The molecule has 0 aromatic heterocycles. The zero-order valence-corrected chi connectivity index (χ0v) is 19.5. The minimum absolute atomic E-state index is 0.230. The highest BCUT2D eigenvalue weighted by Gasteiger charge is 2.25. The van der Waals surface area contributed by atoms with E-state index < -0.39 is 10.0 Å². The third-order valence-electron chi connectivity index (χ3n) is 5.76. The van der Waals surface area contributed by atoms with E-state index in [1.54, 1.807) is 41.3 Å². The van der Waals surface area contributed by atoms with Gasteiger partial charge >= 0.3 is 6.09 Å². The van der Waals surface area contributed by atoms with E-state index in [9.17, 15) is 13.2 Å². The highest BCUT2D eigenvalue weighted by atomic mass is 32.2. The Bertz CT molecular complexity index is 1240. The normalized spacial score (nSPS) is 14.1. The zero-order chi connectivity index (χ0) is 23.4. The van der Waals surface area contributed by atoms with Gasteiger partial charge < -0.3 is 14.5 Å². The molecule has 1 heterocycles. The standard InChI is InChI=1S/C25H27N3O4S/c1-19-12-13-22(18-20(19)2)33(30,31)26-23-10-6-7-11-24(23)27-14-16-28(17-15-27)25(29)32-21-8-4-3-5-9-21/h3-13,18,26H,14-17H2,1-2H3. The SMILES string of the molecule is Cc1ccc(S(=O)(=O)Nc2ccccc2N2CCN(C(=O)Oc3ccccc3)CC2)cc1C. The van der Waals surface area contributed by atoms with Gasteiger partial charge in [0.05, 0.1) is 16.3 Å². The zero-order valence-electron chi connectivity index (χ0n) is 18.7. The van der Waals surface area contributed by atoms with Crippen molar-refractivity contribution in [2.45, 2.75) is 18.7 Å². The van der Waals surface area contributed by atoms with Crippen LogP contribution in [0.15, 0.2) is 77.7 Å². The summed E-state index contributed by atoms with van der Waals surface area (Å²) >= 11 is 0. The van der Waals surface area contributed by atoms with Gasteiger partial charge in [0.15, 0.2) is 0 Å². The molecule has 0 saturated carbocycles. The number of nitrogens with one attached hydrogen (secondary N) is 1. The maximum absolute atomic E-state index is 13.0. The second-order valence-electron chi connectivity index (χ2n) is 8.02. The second-order valence-corrected chi connectivity index (χ2v) is 9.71. The van der Waals surface area contributed by atoms with Gasteiger partial charge in [-0.3, -0.25) is 4.72 Å². The van der Waals surface area contributed by atoms with Crippen LogP contribution in [0.4, 0.5) is 16.2 Å². The number of hydrogen-bond donors (Lipinski definition) is 1. The third kappa shape index (κ3) is 5.28. The molecule has 1 N–H and O–H groups in total. The molecule has 8 heteroatoms. The number of amides is 1. The second kappa shape index (κ2) is 9.54. The molecule has 172 valence electrons. The number of rotatable bonds is 5. The summed E-state index contributed by atoms with van der Waals surface area (Å²) in [5, 5.41) is 0. The molecule has 0 aliphatic carbocycles. The molecular formula is C25H27N3O4S. The first-order valence-corrected chi connectivity index (χ1v) is 12.3. The van der Waals surface area contributed by atoms with E-state index in [1.807, 2.05) is 50.2 Å². The smallest absolute Gasteiger partial charge is 0.410 e. The molecule has 4 rings (SSSR count). The Labute approximate surface area is 194 Å². The molecule has 0 radical (unpaired) electrons. The molecule has 0 bridgehead atoms. The monoisotopic (exact) mass is 465 g/mol. The summed E-state index contributed by atoms with van der Waals surface area (Å²) in [4.78, 5) is 16.4. The summed E-state index contributed by atoms with van der Waals surface area (Å²) in [7, 11) is -3.73. The van der Waals surface area contributed by atoms with Crippen molar-refractivity contribution in [3.05, 3.63) is 83.9 Å². The number of carbonyl (C=O) groups is 1. The number of hydrogen-bond acceptors (Lipinski definition) is 5. The van der Waals surface area contributed by atoms with Crippen LogP contribution in [-0.4, -0.2) is 45.6 Å². The van der Waals surface area contributed by atoms with Gasteiger partial charge in [0, 0.05) is 26.2 Å². The van der Waals surface area contributed by atoms with Gasteiger partial charge in [0.2, 0.25) is 0 Å². The average Bonchev–Trinajstić information content (AvgIpc) is 2.81. The Morgan fingerprint density at radius 1 is 0.848 bits per heavy atom. The van der Waals surface area contributed by atoms with E-state index in [0.29, 0.717) is 37.6 Å². The fourth-order valence-corrected chi connectivity index (χ4v) is 4.86. The lowest BCUT2D eigenvalue weighted by molar-refractivity contribution is 0.149. The molecule has 1 amide bonds. The summed E-state index contributed by atoms with van der Waals surface area (Å²) in [5.41, 5.74) is 3.25. The van der Waals surface area contributed by atoms with Crippen molar-refractivity contribution in [1.29, 1.82) is 0 Å². The van der Waals surface area contributed by atoms with Crippen LogP contribution in [0.3, 0.4) is 0 Å². The predicted octanol–water partition coefficient (Wildman–Crippen LogP) is 4.43. The summed E-state index contributed by atoms with van der Waals surface area (Å²) in [5.74, 6) is 0.510. The molecule has 0 spiro atoms. The summed E-state index contributed by atoms with van der Waals surface area (Å²) < 4.78 is 34.2. The molecule has 3 aromatic rings. The fraction of sp³-hybridized carbons (Fsp3) is 0.240. The van der Waals surface area contributed by atoms with Crippen molar-refractivity contribution in [3.8, 4) is 5.75 Å². The van der Waals surface area contributed by atoms with Crippen LogP contribution in [-0.2, 0) is 10.0 Å². The van der Waals surface area contributed by atoms with Crippen molar-refractivity contribution in [2.24, 2.45) is 0 Å². The van der Waals surface area contributed by atoms with Crippen LogP contribution in [0.5, 0.6) is 5.75 Å². The van der Waals surface area contributed by atoms with E-state index in [2.05, 4.69) is 9.62 Å². The van der Waals surface area contributed by atoms with Gasteiger partial charge in [-0.1, -0.05) is 36.4 Å². The molecule has 1 aliphatic heterocycles. The van der Waals surface area contributed by atoms with Gasteiger partial charge in [0.25, 0.3) is 10.0 Å². The number of para-hydroxylation sites is 3. The number of nitrogens with zero attached hydrogens (tertiary/aromatic N) is 2. The van der Waals surface area contributed by atoms with Crippen LogP contribution >= 0.6 is 0 Å². The Morgan fingerprint density at radius 3 is 2.21 bits per heavy atom. The number of benzene rings is 3. The van der Waals surface area contributed by atoms with E-state index in [0.717, 1.165) is 16.8 Å². The largest absolute Gasteiger partial charge is 0.415 e. The quantitative estimate of drug-likeness (QED) is 0.603. The molecule has 1 fully saturated rings.